The maximum atomic E-state index is 12.4. The predicted molar refractivity (Wildman–Crippen MR) is 91.5 cm³/mol. The molecule has 24 heavy (non-hydrogen) atoms. The third-order valence-corrected chi connectivity index (χ3v) is 4.59. The van der Waals surface area contributed by atoms with Gasteiger partial charge in [0.1, 0.15) is 5.75 Å². The van der Waals surface area contributed by atoms with Crippen molar-refractivity contribution >= 4 is 15.9 Å². The molecule has 0 aromatic heterocycles. The highest BCUT2D eigenvalue weighted by Gasteiger charge is 2.17. The second-order valence-corrected chi connectivity index (χ2v) is 7.08. The molecule has 0 atom stereocenters. The van der Waals surface area contributed by atoms with Crippen LogP contribution in [0.3, 0.4) is 0 Å². The largest absolute Gasteiger partial charge is 0.496 e. The summed E-state index contributed by atoms with van der Waals surface area (Å²) >= 11 is 0. The normalized spacial score (nSPS) is 11.2. The molecule has 0 spiro atoms. The molecule has 7 heteroatoms. The SMILES string of the molecule is COc1ccc(S(N)(=O)=O)cc1C(=O)NCc1ccc(C)cc1C. The van der Waals surface area contributed by atoms with E-state index in [0.717, 1.165) is 16.7 Å². The van der Waals surface area contributed by atoms with Crippen LogP contribution >= 0.6 is 0 Å². The second-order valence-electron chi connectivity index (χ2n) is 5.52. The van der Waals surface area contributed by atoms with E-state index in [1.807, 2.05) is 32.0 Å². The second kappa shape index (κ2) is 7.02. The Morgan fingerprint density at radius 2 is 1.88 bits per heavy atom. The molecule has 1 amide bonds. The number of sulfonamides is 1. The van der Waals surface area contributed by atoms with Crippen molar-refractivity contribution in [2.75, 3.05) is 7.11 Å². The number of nitrogens with one attached hydrogen (secondary N) is 1. The number of nitrogens with two attached hydrogens (primary N) is 1. The van der Waals surface area contributed by atoms with E-state index in [9.17, 15) is 13.2 Å². The number of benzene rings is 2. The predicted octanol–water partition coefficient (Wildman–Crippen LogP) is 1.89. The Balaban J connectivity index is 2.25. The van der Waals surface area contributed by atoms with Gasteiger partial charge in [0.05, 0.1) is 17.6 Å². The van der Waals surface area contributed by atoms with E-state index < -0.39 is 15.9 Å². The molecule has 3 N–H and O–H groups in total. The lowest BCUT2D eigenvalue weighted by atomic mass is 10.1. The van der Waals surface area contributed by atoms with E-state index >= 15 is 0 Å². The molecule has 0 aliphatic rings. The highest BCUT2D eigenvalue weighted by atomic mass is 32.2. The summed E-state index contributed by atoms with van der Waals surface area (Å²) < 4.78 is 28.1. The van der Waals surface area contributed by atoms with E-state index in [1.165, 1.54) is 25.3 Å². The lowest BCUT2D eigenvalue weighted by molar-refractivity contribution is 0.0947. The summed E-state index contributed by atoms with van der Waals surface area (Å²) in [4.78, 5) is 12.3. The topological polar surface area (TPSA) is 98.5 Å². The molecule has 0 saturated carbocycles. The van der Waals surface area contributed by atoms with Gasteiger partial charge >= 0.3 is 0 Å². The van der Waals surface area contributed by atoms with E-state index in [2.05, 4.69) is 5.32 Å². The van der Waals surface area contributed by atoms with Crippen LogP contribution in [0.15, 0.2) is 41.3 Å². The molecule has 128 valence electrons. The van der Waals surface area contributed by atoms with Crippen molar-refractivity contribution in [3.63, 3.8) is 0 Å². The number of aryl methyl sites for hydroxylation is 2. The Morgan fingerprint density at radius 1 is 1.17 bits per heavy atom. The third kappa shape index (κ3) is 4.12. The molecule has 0 unspecified atom stereocenters. The molecule has 0 fully saturated rings. The van der Waals surface area contributed by atoms with Crippen molar-refractivity contribution in [1.29, 1.82) is 0 Å². The fourth-order valence-electron chi connectivity index (χ4n) is 2.36. The molecule has 2 rings (SSSR count). The van der Waals surface area contributed by atoms with Crippen LogP contribution in [0, 0.1) is 13.8 Å². The van der Waals surface area contributed by atoms with Crippen LogP contribution < -0.4 is 15.2 Å². The van der Waals surface area contributed by atoms with Gasteiger partial charge in [-0.25, -0.2) is 13.6 Å². The van der Waals surface area contributed by atoms with Crippen LogP contribution in [-0.2, 0) is 16.6 Å². The summed E-state index contributed by atoms with van der Waals surface area (Å²) in [6.45, 7) is 4.30. The quantitative estimate of drug-likeness (QED) is 0.862. The fraction of sp³-hybridized carbons (Fsp3) is 0.235. The van der Waals surface area contributed by atoms with Crippen molar-refractivity contribution in [3.8, 4) is 5.75 Å². The first-order chi connectivity index (χ1) is 11.2. The minimum atomic E-state index is -3.90. The number of amides is 1. The van der Waals surface area contributed by atoms with Gasteiger partial charge in [0.15, 0.2) is 0 Å². The minimum absolute atomic E-state index is 0.119. The first kappa shape index (κ1) is 18.0. The highest BCUT2D eigenvalue weighted by Crippen LogP contribution is 2.22. The molecule has 0 bridgehead atoms. The third-order valence-electron chi connectivity index (χ3n) is 3.68. The van der Waals surface area contributed by atoms with Gasteiger partial charge in [0, 0.05) is 6.54 Å². The molecule has 6 nitrogen and oxygen atoms in total. The minimum Gasteiger partial charge on any atom is -0.496 e. The standard InChI is InChI=1S/C17H20N2O4S/c1-11-4-5-13(12(2)8-11)10-19-17(20)15-9-14(24(18,21)22)6-7-16(15)23-3/h4-9H,10H2,1-3H3,(H,19,20)(H2,18,21,22). The maximum absolute atomic E-state index is 12.4. The smallest absolute Gasteiger partial charge is 0.255 e. The zero-order chi connectivity index (χ0) is 17.9. The van der Waals surface area contributed by atoms with Crippen molar-refractivity contribution in [2.45, 2.75) is 25.3 Å². The van der Waals surface area contributed by atoms with Crippen LogP contribution in [0.4, 0.5) is 0 Å². The first-order valence-electron chi connectivity index (χ1n) is 7.27. The van der Waals surface area contributed by atoms with Gasteiger partial charge in [-0.05, 0) is 43.2 Å². The van der Waals surface area contributed by atoms with Crippen molar-refractivity contribution in [1.82, 2.24) is 5.32 Å². The molecule has 0 saturated heterocycles. The van der Waals surface area contributed by atoms with Gasteiger partial charge in [-0.1, -0.05) is 23.8 Å². The first-order valence-corrected chi connectivity index (χ1v) is 8.82. The Kier molecular flexibility index (Phi) is 5.26. The van der Waals surface area contributed by atoms with Crippen LogP contribution in [-0.4, -0.2) is 21.4 Å². The van der Waals surface area contributed by atoms with E-state index in [4.69, 9.17) is 9.88 Å². The Bertz CT molecular complexity index is 876. The number of hydrogen-bond acceptors (Lipinski definition) is 4. The molecule has 0 heterocycles. The Morgan fingerprint density at radius 3 is 2.46 bits per heavy atom. The number of hydrogen-bond donors (Lipinski definition) is 2. The molecular formula is C17H20N2O4S. The lowest BCUT2D eigenvalue weighted by Gasteiger charge is -2.12. The summed E-state index contributed by atoms with van der Waals surface area (Å²) in [6, 6.07) is 9.87. The van der Waals surface area contributed by atoms with Gasteiger partial charge < -0.3 is 10.1 Å². The zero-order valence-electron chi connectivity index (χ0n) is 13.8. The molecule has 0 aliphatic heterocycles. The summed E-state index contributed by atoms with van der Waals surface area (Å²) in [5.74, 6) is -0.155. The van der Waals surface area contributed by atoms with Gasteiger partial charge in [0.2, 0.25) is 10.0 Å². The zero-order valence-corrected chi connectivity index (χ0v) is 14.6. The molecule has 0 aliphatic carbocycles. The van der Waals surface area contributed by atoms with Gasteiger partial charge in [-0.3, -0.25) is 4.79 Å². The van der Waals surface area contributed by atoms with Gasteiger partial charge in [0.25, 0.3) is 5.91 Å². The van der Waals surface area contributed by atoms with E-state index in [-0.39, 0.29) is 16.2 Å². The van der Waals surface area contributed by atoms with Crippen LogP contribution in [0.2, 0.25) is 0 Å². The van der Waals surface area contributed by atoms with E-state index in [0.29, 0.717) is 6.54 Å². The van der Waals surface area contributed by atoms with Gasteiger partial charge in [-0.15, -0.1) is 0 Å². The number of ether oxygens (including phenoxy) is 1. The van der Waals surface area contributed by atoms with Crippen molar-refractivity contribution in [3.05, 3.63) is 58.7 Å². The van der Waals surface area contributed by atoms with Crippen molar-refractivity contribution < 1.29 is 17.9 Å². The lowest BCUT2D eigenvalue weighted by Crippen LogP contribution is -2.24. The molecule has 2 aromatic rings. The average Bonchev–Trinajstić information content (AvgIpc) is 2.52. The highest BCUT2D eigenvalue weighted by molar-refractivity contribution is 7.89. The number of rotatable bonds is 5. The molecule has 0 radical (unpaired) electrons. The van der Waals surface area contributed by atoms with E-state index in [1.54, 1.807) is 0 Å². The monoisotopic (exact) mass is 348 g/mol. The number of carbonyl (C=O) groups is 1. The van der Waals surface area contributed by atoms with Crippen LogP contribution in [0.5, 0.6) is 5.75 Å². The molecule has 2 aromatic carbocycles. The fourth-order valence-corrected chi connectivity index (χ4v) is 2.90. The summed E-state index contributed by atoms with van der Waals surface area (Å²) in [6.07, 6.45) is 0. The van der Waals surface area contributed by atoms with Crippen molar-refractivity contribution in [2.24, 2.45) is 5.14 Å². The molecular weight excluding hydrogens is 328 g/mol. The number of carbonyl (C=O) groups excluding carboxylic acids is 1. The summed E-state index contributed by atoms with van der Waals surface area (Å²) in [7, 11) is -2.49. The Hall–Kier alpha value is -2.38. The summed E-state index contributed by atoms with van der Waals surface area (Å²) in [5.41, 5.74) is 3.31. The van der Waals surface area contributed by atoms with Crippen LogP contribution in [0.25, 0.3) is 0 Å². The number of methoxy groups -OCH3 is 1. The summed E-state index contributed by atoms with van der Waals surface area (Å²) in [5, 5.41) is 7.89. The van der Waals surface area contributed by atoms with Crippen LogP contribution in [0.1, 0.15) is 27.0 Å². The average molecular weight is 348 g/mol. The number of primary sulfonamides is 1. The van der Waals surface area contributed by atoms with Gasteiger partial charge in [-0.2, -0.15) is 0 Å². The Labute approximate surface area is 141 Å². The maximum Gasteiger partial charge on any atom is 0.255 e.